The minimum Gasteiger partial charge on any atom is -0.508 e. The van der Waals surface area contributed by atoms with Gasteiger partial charge in [-0.25, -0.2) is 4.79 Å². The van der Waals surface area contributed by atoms with Crippen LogP contribution in [0.4, 0.5) is 4.79 Å². The molecule has 0 heterocycles. The highest BCUT2D eigenvalue weighted by Crippen LogP contribution is 2.19. The molecular formula is C16H27N3O3. The SMILES string of the molecule is C[C@@H](NC(=O)NCC(C)(C)N(C)C)[C@@H](O)c1ccc(O)cc1. The van der Waals surface area contributed by atoms with Crippen molar-refractivity contribution >= 4 is 6.03 Å². The standard InChI is InChI=1S/C16H27N3O3/c1-11(14(21)12-6-8-13(20)9-7-12)18-15(22)17-10-16(2,3)19(4)5/h6-9,11,14,20-21H,10H2,1-5H3,(H2,17,18,22)/t11-,14-/m1/s1. The predicted octanol–water partition coefficient (Wildman–Crippen LogP) is 1.45. The largest absolute Gasteiger partial charge is 0.508 e. The highest BCUT2D eigenvalue weighted by atomic mass is 16.3. The number of nitrogens with zero attached hydrogens (tertiary/aromatic N) is 1. The summed E-state index contributed by atoms with van der Waals surface area (Å²) in [5.74, 6) is 0.139. The summed E-state index contributed by atoms with van der Waals surface area (Å²) in [5.41, 5.74) is 0.482. The minimum absolute atomic E-state index is 0.139. The molecule has 22 heavy (non-hydrogen) atoms. The maximum atomic E-state index is 11.9. The van der Waals surface area contributed by atoms with E-state index in [0.29, 0.717) is 12.1 Å². The Morgan fingerprint density at radius 3 is 2.32 bits per heavy atom. The van der Waals surface area contributed by atoms with E-state index in [1.807, 2.05) is 32.8 Å². The van der Waals surface area contributed by atoms with Crippen LogP contribution in [0.25, 0.3) is 0 Å². The van der Waals surface area contributed by atoms with Crippen LogP contribution in [0.15, 0.2) is 24.3 Å². The number of hydrogen-bond acceptors (Lipinski definition) is 4. The Morgan fingerprint density at radius 2 is 1.82 bits per heavy atom. The summed E-state index contributed by atoms with van der Waals surface area (Å²) in [7, 11) is 3.91. The van der Waals surface area contributed by atoms with Gasteiger partial charge in [-0.1, -0.05) is 12.1 Å². The van der Waals surface area contributed by atoms with Crippen LogP contribution in [0.5, 0.6) is 5.75 Å². The molecule has 1 aromatic carbocycles. The molecule has 0 unspecified atom stereocenters. The van der Waals surface area contributed by atoms with E-state index in [4.69, 9.17) is 0 Å². The fourth-order valence-electron chi connectivity index (χ4n) is 1.75. The van der Waals surface area contributed by atoms with Gasteiger partial charge in [0, 0.05) is 12.1 Å². The molecule has 124 valence electrons. The van der Waals surface area contributed by atoms with Crippen LogP contribution in [0.2, 0.25) is 0 Å². The quantitative estimate of drug-likeness (QED) is 0.641. The predicted molar refractivity (Wildman–Crippen MR) is 86.8 cm³/mol. The van der Waals surface area contributed by atoms with Gasteiger partial charge in [0.15, 0.2) is 0 Å². The number of carbonyl (C=O) groups is 1. The van der Waals surface area contributed by atoms with Gasteiger partial charge in [-0.3, -0.25) is 0 Å². The third-order valence-corrected chi connectivity index (χ3v) is 3.96. The molecule has 2 amide bonds. The number of phenolic OH excluding ortho intramolecular Hbond substituents is 1. The third kappa shape index (κ3) is 5.20. The van der Waals surface area contributed by atoms with Crippen molar-refractivity contribution in [1.29, 1.82) is 0 Å². The Morgan fingerprint density at radius 1 is 1.27 bits per heavy atom. The van der Waals surface area contributed by atoms with Crippen molar-refractivity contribution in [1.82, 2.24) is 15.5 Å². The lowest BCUT2D eigenvalue weighted by Crippen LogP contribution is -2.52. The molecule has 4 N–H and O–H groups in total. The molecule has 0 saturated carbocycles. The molecule has 0 aromatic heterocycles. The van der Waals surface area contributed by atoms with E-state index in [-0.39, 0.29) is 17.3 Å². The number of nitrogens with one attached hydrogen (secondary N) is 2. The lowest BCUT2D eigenvalue weighted by molar-refractivity contribution is 0.135. The van der Waals surface area contributed by atoms with Crippen molar-refractivity contribution in [3.63, 3.8) is 0 Å². The maximum Gasteiger partial charge on any atom is 0.315 e. The highest BCUT2D eigenvalue weighted by molar-refractivity contribution is 5.74. The molecule has 0 saturated heterocycles. The number of benzene rings is 1. The normalized spacial score (nSPS) is 14.5. The van der Waals surface area contributed by atoms with Gasteiger partial charge >= 0.3 is 6.03 Å². The molecule has 0 aliphatic heterocycles. The fourth-order valence-corrected chi connectivity index (χ4v) is 1.75. The molecule has 6 nitrogen and oxygen atoms in total. The monoisotopic (exact) mass is 309 g/mol. The summed E-state index contributed by atoms with van der Waals surface area (Å²) in [5, 5.41) is 25.0. The number of likely N-dealkylation sites (N-methyl/N-ethyl adjacent to an activating group) is 1. The number of amides is 2. The van der Waals surface area contributed by atoms with Gasteiger partial charge in [-0.15, -0.1) is 0 Å². The Kier molecular flexibility index (Phi) is 6.20. The molecule has 2 atom stereocenters. The lowest BCUT2D eigenvalue weighted by Gasteiger charge is -2.33. The molecule has 0 bridgehead atoms. The summed E-state index contributed by atoms with van der Waals surface area (Å²) in [6.45, 7) is 6.28. The fraction of sp³-hybridized carbons (Fsp3) is 0.562. The zero-order valence-corrected chi connectivity index (χ0v) is 13.9. The second kappa shape index (κ2) is 7.47. The molecule has 1 rings (SSSR count). The van der Waals surface area contributed by atoms with Crippen LogP contribution in [-0.4, -0.2) is 53.4 Å². The first kappa shape index (κ1) is 18.3. The summed E-state index contributed by atoms with van der Waals surface area (Å²) in [6.07, 6.45) is -0.840. The van der Waals surface area contributed by atoms with Crippen molar-refractivity contribution in [2.24, 2.45) is 0 Å². The number of aliphatic hydroxyl groups is 1. The lowest BCUT2D eigenvalue weighted by atomic mass is 10.0. The number of hydrogen-bond donors (Lipinski definition) is 4. The molecular weight excluding hydrogens is 282 g/mol. The van der Waals surface area contributed by atoms with Gasteiger partial charge < -0.3 is 25.7 Å². The average molecular weight is 309 g/mol. The second-order valence-corrected chi connectivity index (χ2v) is 6.36. The number of aromatic hydroxyl groups is 1. The van der Waals surface area contributed by atoms with Crippen LogP contribution in [0.1, 0.15) is 32.4 Å². The average Bonchev–Trinajstić information content (AvgIpc) is 2.45. The van der Waals surface area contributed by atoms with E-state index in [1.54, 1.807) is 19.1 Å². The Hall–Kier alpha value is -1.79. The van der Waals surface area contributed by atoms with E-state index in [9.17, 15) is 15.0 Å². The van der Waals surface area contributed by atoms with Crippen LogP contribution < -0.4 is 10.6 Å². The summed E-state index contributed by atoms with van der Waals surface area (Å²) < 4.78 is 0. The summed E-state index contributed by atoms with van der Waals surface area (Å²) in [4.78, 5) is 14.0. The molecule has 1 aromatic rings. The van der Waals surface area contributed by atoms with Crippen molar-refractivity contribution in [3.8, 4) is 5.75 Å². The zero-order chi connectivity index (χ0) is 16.9. The highest BCUT2D eigenvalue weighted by Gasteiger charge is 2.23. The Balaban J connectivity index is 2.51. The minimum atomic E-state index is -0.840. The molecule has 6 heteroatoms. The summed E-state index contributed by atoms with van der Waals surface area (Å²) >= 11 is 0. The van der Waals surface area contributed by atoms with Gasteiger partial charge in [0.25, 0.3) is 0 Å². The topological polar surface area (TPSA) is 84.8 Å². The van der Waals surface area contributed by atoms with E-state index in [2.05, 4.69) is 10.6 Å². The van der Waals surface area contributed by atoms with Crippen molar-refractivity contribution in [2.75, 3.05) is 20.6 Å². The van der Waals surface area contributed by atoms with Crippen LogP contribution in [0.3, 0.4) is 0 Å². The maximum absolute atomic E-state index is 11.9. The van der Waals surface area contributed by atoms with E-state index in [0.717, 1.165) is 0 Å². The first-order valence-corrected chi connectivity index (χ1v) is 7.32. The smallest absolute Gasteiger partial charge is 0.315 e. The van der Waals surface area contributed by atoms with E-state index in [1.165, 1.54) is 12.1 Å². The first-order valence-electron chi connectivity index (χ1n) is 7.32. The van der Waals surface area contributed by atoms with Gasteiger partial charge in [0.2, 0.25) is 0 Å². The van der Waals surface area contributed by atoms with Gasteiger partial charge in [-0.2, -0.15) is 0 Å². The van der Waals surface area contributed by atoms with Crippen LogP contribution in [-0.2, 0) is 0 Å². The van der Waals surface area contributed by atoms with E-state index >= 15 is 0 Å². The molecule has 0 fully saturated rings. The zero-order valence-electron chi connectivity index (χ0n) is 13.9. The third-order valence-electron chi connectivity index (χ3n) is 3.96. The van der Waals surface area contributed by atoms with Crippen molar-refractivity contribution in [2.45, 2.75) is 38.5 Å². The number of carbonyl (C=O) groups excluding carboxylic acids is 1. The van der Waals surface area contributed by atoms with Crippen molar-refractivity contribution < 1.29 is 15.0 Å². The van der Waals surface area contributed by atoms with Crippen LogP contribution >= 0.6 is 0 Å². The first-order chi connectivity index (χ1) is 10.1. The number of phenols is 1. The van der Waals surface area contributed by atoms with Gasteiger partial charge in [0.1, 0.15) is 5.75 Å². The number of urea groups is 1. The number of aliphatic hydroxyl groups excluding tert-OH is 1. The van der Waals surface area contributed by atoms with E-state index < -0.39 is 12.1 Å². The van der Waals surface area contributed by atoms with Crippen LogP contribution in [0, 0.1) is 0 Å². The van der Waals surface area contributed by atoms with Crippen molar-refractivity contribution in [3.05, 3.63) is 29.8 Å². The molecule has 0 aliphatic carbocycles. The Labute approximate surface area is 132 Å². The van der Waals surface area contributed by atoms with Gasteiger partial charge in [-0.05, 0) is 52.6 Å². The Bertz CT molecular complexity index is 486. The second-order valence-electron chi connectivity index (χ2n) is 6.36. The number of rotatable bonds is 6. The van der Waals surface area contributed by atoms with Gasteiger partial charge in [0.05, 0.1) is 12.1 Å². The molecule has 0 radical (unpaired) electrons. The molecule has 0 aliphatic rings. The molecule has 0 spiro atoms. The summed E-state index contributed by atoms with van der Waals surface area (Å²) in [6, 6.07) is 5.50.